The summed E-state index contributed by atoms with van der Waals surface area (Å²) >= 11 is 0. The van der Waals surface area contributed by atoms with Crippen LogP contribution >= 0.6 is 0 Å². The van der Waals surface area contributed by atoms with Crippen molar-refractivity contribution in [1.29, 1.82) is 0 Å². The van der Waals surface area contributed by atoms with Crippen molar-refractivity contribution in [2.24, 2.45) is 50.7 Å². The lowest BCUT2D eigenvalue weighted by atomic mass is 9.34. The Morgan fingerprint density at radius 3 is 2.25 bits per heavy atom. The molecule has 0 aliphatic heterocycles. The van der Waals surface area contributed by atoms with Crippen LogP contribution < -0.4 is 5.32 Å². The van der Waals surface area contributed by atoms with Gasteiger partial charge < -0.3 is 10.4 Å². The molecular weight excluding hydrogens is 442 g/mol. The van der Waals surface area contributed by atoms with Gasteiger partial charge in [0.05, 0.1) is 6.10 Å². The molecule has 202 valence electrons. The number of allylic oxidation sites excluding steroid dienone is 1. The maximum atomic E-state index is 13.2. The molecule has 5 fully saturated rings. The van der Waals surface area contributed by atoms with Gasteiger partial charge >= 0.3 is 0 Å². The van der Waals surface area contributed by atoms with Crippen LogP contribution in [0.5, 0.6) is 0 Å². The van der Waals surface area contributed by atoms with Crippen molar-refractivity contribution in [2.45, 2.75) is 137 Å². The molecule has 0 aromatic rings. The van der Waals surface area contributed by atoms with Gasteiger partial charge in [-0.25, -0.2) is 0 Å². The molecule has 3 heteroatoms. The van der Waals surface area contributed by atoms with E-state index < -0.39 is 0 Å². The zero-order valence-electron chi connectivity index (χ0n) is 24.3. The molecular formula is C33H53NO2. The van der Waals surface area contributed by atoms with Crippen molar-refractivity contribution >= 4 is 5.91 Å². The van der Waals surface area contributed by atoms with E-state index in [1.54, 1.807) is 5.57 Å². The van der Waals surface area contributed by atoms with Crippen molar-refractivity contribution in [3.8, 4) is 0 Å². The van der Waals surface area contributed by atoms with Crippen molar-refractivity contribution in [1.82, 2.24) is 5.32 Å². The Morgan fingerprint density at radius 1 is 0.861 bits per heavy atom. The summed E-state index contributed by atoms with van der Waals surface area (Å²) in [5, 5.41) is 14.7. The van der Waals surface area contributed by atoms with Crippen LogP contribution in [0.25, 0.3) is 0 Å². The summed E-state index contributed by atoms with van der Waals surface area (Å²) in [4.78, 5) is 13.2. The van der Waals surface area contributed by atoms with E-state index >= 15 is 0 Å². The zero-order chi connectivity index (χ0) is 25.9. The second kappa shape index (κ2) is 7.64. The molecule has 0 saturated heterocycles. The molecule has 6 aliphatic carbocycles. The average molecular weight is 496 g/mol. The monoisotopic (exact) mass is 495 g/mol. The second-order valence-corrected chi connectivity index (χ2v) is 16.5. The first-order valence-electron chi connectivity index (χ1n) is 15.4. The highest BCUT2D eigenvalue weighted by atomic mass is 16.3. The number of carbonyl (C=O) groups is 1. The van der Waals surface area contributed by atoms with E-state index in [1.165, 1.54) is 44.9 Å². The Morgan fingerprint density at radius 2 is 1.56 bits per heavy atom. The summed E-state index contributed by atoms with van der Waals surface area (Å²) in [6.45, 7) is 17.5. The number of rotatable bonds is 2. The highest BCUT2D eigenvalue weighted by Crippen LogP contribution is 2.74. The summed E-state index contributed by atoms with van der Waals surface area (Å²) in [5.41, 5.74) is 2.81. The number of carbonyl (C=O) groups excluding carboxylic acids is 1. The molecule has 5 saturated carbocycles. The number of fused-ring (bicyclic) bond motifs is 7. The van der Waals surface area contributed by atoms with Gasteiger partial charge in [-0.05, 0) is 116 Å². The van der Waals surface area contributed by atoms with E-state index in [0.29, 0.717) is 34.5 Å². The molecule has 0 bridgehead atoms. The number of amides is 1. The molecule has 6 rings (SSSR count). The maximum absolute atomic E-state index is 13.2. The van der Waals surface area contributed by atoms with Gasteiger partial charge in [0.25, 0.3) is 0 Å². The predicted molar refractivity (Wildman–Crippen MR) is 146 cm³/mol. The Hall–Kier alpha value is -0.830. The largest absolute Gasteiger partial charge is 0.393 e. The van der Waals surface area contributed by atoms with Gasteiger partial charge in [0.15, 0.2) is 0 Å². The predicted octanol–water partition coefficient (Wildman–Crippen LogP) is 7.43. The van der Waals surface area contributed by atoms with Crippen LogP contribution in [0.1, 0.15) is 126 Å². The fourth-order valence-electron chi connectivity index (χ4n) is 11.2. The standard InChI is InChI=1S/C33H53NO2/c1-28(2)16-18-33(34-27(36)21-8-9-21)19-17-31(6)22(23(33)20-28)10-11-25-30(5)14-13-26(35)29(3,4)24(30)12-15-32(25,31)7/h10,21,23-26,35H,8-9,11-20H2,1-7H3,(H,34,36). The normalized spacial score (nSPS) is 51.1. The first-order valence-corrected chi connectivity index (χ1v) is 15.4. The van der Waals surface area contributed by atoms with Gasteiger partial charge in [-0.2, -0.15) is 0 Å². The molecule has 6 aliphatic rings. The molecule has 0 radical (unpaired) electrons. The molecule has 8 atom stereocenters. The topological polar surface area (TPSA) is 49.3 Å². The molecule has 0 spiro atoms. The van der Waals surface area contributed by atoms with Crippen LogP contribution in [0.2, 0.25) is 0 Å². The van der Waals surface area contributed by atoms with Gasteiger partial charge in [0, 0.05) is 17.4 Å². The lowest BCUT2D eigenvalue weighted by molar-refractivity contribution is -0.201. The lowest BCUT2D eigenvalue weighted by Gasteiger charge is -2.71. The third kappa shape index (κ3) is 3.29. The minimum absolute atomic E-state index is 0.00142. The van der Waals surface area contributed by atoms with Gasteiger partial charge in [0.1, 0.15) is 0 Å². The first-order chi connectivity index (χ1) is 16.7. The van der Waals surface area contributed by atoms with E-state index in [2.05, 4.69) is 59.9 Å². The van der Waals surface area contributed by atoms with E-state index in [-0.39, 0.29) is 33.8 Å². The molecule has 8 unspecified atom stereocenters. The average Bonchev–Trinajstić information content (AvgIpc) is 3.63. The van der Waals surface area contributed by atoms with Crippen molar-refractivity contribution in [3.63, 3.8) is 0 Å². The van der Waals surface area contributed by atoms with Gasteiger partial charge in [-0.3, -0.25) is 4.79 Å². The van der Waals surface area contributed by atoms with Gasteiger partial charge in [-0.15, -0.1) is 0 Å². The van der Waals surface area contributed by atoms with Gasteiger partial charge in [-0.1, -0.05) is 60.1 Å². The lowest BCUT2D eigenvalue weighted by Crippen LogP contribution is -2.67. The Labute approximate surface area is 220 Å². The van der Waals surface area contributed by atoms with E-state index in [4.69, 9.17) is 0 Å². The smallest absolute Gasteiger partial charge is 0.223 e. The highest BCUT2D eigenvalue weighted by Gasteiger charge is 2.68. The van der Waals surface area contributed by atoms with Crippen LogP contribution in [0.4, 0.5) is 0 Å². The molecule has 2 N–H and O–H groups in total. The summed E-state index contributed by atoms with van der Waals surface area (Å²) in [7, 11) is 0. The number of nitrogens with one attached hydrogen (secondary N) is 1. The van der Waals surface area contributed by atoms with E-state index in [9.17, 15) is 9.90 Å². The summed E-state index contributed by atoms with van der Waals surface area (Å²) < 4.78 is 0. The van der Waals surface area contributed by atoms with Crippen LogP contribution in [0.15, 0.2) is 11.6 Å². The third-order valence-corrected chi connectivity index (χ3v) is 13.9. The molecule has 0 aromatic heterocycles. The minimum atomic E-state index is -0.167. The van der Waals surface area contributed by atoms with Crippen LogP contribution in [-0.2, 0) is 4.79 Å². The number of aliphatic hydroxyl groups excluding tert-OH is 1. The molecule has 0 heterocycles. The Kier molecular flexibility index (Phi) is 5.40. The van der Waals surface area contributed by atoms with Crippen LogP contribution in [0.3, 0.4) is 0 Å². The van der Waals surface area contributed by atoms with Crippen molar-refractivity contribution in [2.75, 3.05) is 0 Å². The molecule has 0 aromatic carbocycles. The second-order valence-electron chi connectivity index (χ2n) is 16.5. The quantitative estimate of drug-likeness (QED) is 0.391. The van der Waals surface area contributed by atoms with Crippen LogP contribution in [0, 0.1) is 50.7 Å². The fraction of sp³-hybridized carbons (Fsp3) is 0.909. The number of hydrogen-bond acceptors (Lipinski definition) is 2. The number of aliphatic hydroxyl groups is 1. The van der Waals surface area contributed by atoms with Crippen LogP contribution in [-0.4, -0.2) is 22.7 Å². The SMILES string of the molecule is CC1(C)CCC2(NC(=O)C3CC3)CCC3(C)C(=CCC4C5(C)CCC(O)C(C)(C)C5CCC43C)C2C1. The Bertz CT molecular complexity index is 976. The Balaban J connectivity index is 1.40. The van der Waals surface area contributed by atoms with E-state index in [1.807, 2.05) is 0 Å². The summed E-state index contributed by atoms with van der Waals surface area (Å²) in [6, 6.07) is 0. The summed E-state index contributed by atoms with van der Waals surface area (Å²) in [6.07, 6.45) is 16.5. The van der Waals surface area contributed by atoms with Crippen molar-refractivity contribution in [3.05, 3.63) is 11.6 Å². The zero-order valence-corrected chi connectivity index (χ0v) is 24.3. The molecule has 1 amide bonds. The first kappa shape index (κ1) is 25.4. The highest BCUT2D eigenvalue weighted by molar-refractivity contribution is 5.81. The maximum Gasteiger partial charge on any atom is 0.223 e. The van der Waals surface area contributed by atoms with Gasteiger partial charge in [0.2, 0.25) is 5.91 Å². The van der Waals surface area contributed by atoms with Crippen molar-refractivity contribution < 1.29 is 9.90 Å². The minimum Gasteiger partial charge on any atom is -0.393 e. The number of hydrogen-bond donors (Lipinski definition) is 2. The third-order valence-electron chi connectivity index (χ3n) is 13.9. The van der Waals surface area contributed by atoms with E-state index in [0.717, 1.165) is 32.1 Å². The summed E-state index contributed by atoms with van der Waals surface area (Å²) in [5.74, 6) is 2.38. The fourth-order valence-corrected chi connectivity index (χ4v) is 11.2. The molecule has 36 heavy (non-hydrogen) atoms. The molecule has 3 nitrogen and oxygen atoms in total.